The Morgan fingerprint density at radius 1 is 1.36 bits per heavy atom. The van der Waals surface area contributed by atoms with Gasteiger partial charge >= 0.3 is 6.18 Å². The Labute approximate surface area is 122 Å². The van der Waals surface area contributed by atoms with Crippen LogP contribution in [0.15, 0.2) is 30.0 Å². The molecule has 1 aromatic rings. The number of non-ortho nitro benzene ring substituents is 1. The number of nitrogens with zero attached hydrogens (tertiary/aromatic N) is 3. The van der Waals surface area contributed by atoms with E-state index < -0.39 is 23.4 Å². The van der Waals surface area contributed by atoms with Gasteiger partial charge in [0.15, 0.2) is 6.61 Å². The summed E-state index contributed by atoms with van der Waals surface area (Å²) in [6.07, 6.45) is -3.63. The van der Waals surface area contributed by atoms with Gasteiger partial charge in [0, 0.05) is 24.0 Å². The zero-order valence-corrected chi connectivity index (χ0v) is 10.7. The number of rotatable bonds is 5. The van der Waals surface area contributed by atoms with E-state index >= 15 is 0 Å². The molecule has 0 saturated carbocycles. The topological polar surface area (TPSA) is 112 Å². The maximum absolute atomic E-state index is 12.1. The molecule has 0 aliphatic heterocycles. The van der Waals surface area contributed by atoms with Gasteiger partial charge in [0.05, 0.1) is 11.0 Å². The lowest BCUT2D eigenvalue weighted by Crippen LogP contribution is -2.19. The highest BCUT2D eigenvalue weighted by atomic mass is 19.4. The number of ether oxygens (including phenoxy) is 1. The molecular formula is C12H7F3N4O3. The van der Waals surface area contributed by atoms with Crippen molar-refractivity contribution in [2.75, 3.05) is 11.9 Å². The first-order valence-corrected chi connectivity index (χ1v) is 5.51. The van der Waals surface area contributed by atoms with Crippen LogP contribution in [0.3, 0.4) is 0 Å². The molecule has 1 N–H and O–H groups in total. The number of benzene rings is 1. The molecular weight excluding hydrogens is 305 g/mol. The predicted octanol–water partition coefficient (Wildman–Crippen LogP) is 2.88. The quantitative estimate of drug-likeness (QED) is 0.508. The van der Waals surface area contributed by atoms with Crippen molar-refractivity contribution in [1.82, 2.24) is 0 Å². The van der Waals surface area contributed by atoms with Crippen molar-refractivity contribution in [2.24, 2.45) is 0 Å². The Morgan fingerprint density at radius 2 is 2.00 bits per heavy atom. The molecule has 0 heterocycles. The number of alkyl halides is 3. The first kappa shape index (κ1) is 16.8. The van der Waals surface area contributed by atoms with E-state index in [4.69, 9.17) is 10.5 Å². The van der Waals surface area contributed by atoms with E-state index in [0.29, 0.717) is 0 Å². The van der Waals surface area contributed by atoms with Gasteiger partial charge in [-0.25, -0.2) is 0 Å². The summed E-state index contributed by atoms with van der Waals surface area (Å²) >= 11 is 0. The van der Waals surface area contributed by atoms with Crippen molar-refractivity contribution in [1.29, 1.82) is 10.5 Å². The van der Waals surface area contributed by atoms with Crippen LogP contribution in [0.25, 0.3) is 0 Å². The Hall–Kier alpha value is -3.27. The largest absolute Gasteiger partial charge is 0.484 e. The van der Waals surface area contributed by atoms with E-state index in [1.165, 1.54) is 0 Å². The Bertz CT molecular complexity index is 670. The second kappa shape index (κ2) is 6.95. The second-order valence-corrected chi connectivity index (χ2v) is 3.80. The zero-order valence-electron chi connectivity index (χ0n) is 10.7. The lowest BCUT2D eigenvalue weighted by atomic mass is 10.2. The van der Waals surface area contributed by atoms with Crippen LogP contribution in [0.4, 0.5) is 24.5 Å². The molecule has 10 heteroatoms. The zero-order chi connectivity index (χ0) is 16.8. The normalized spacial score (nSPS) is 10.0. The first-order valence-electron chi connectivity index (χ1n) is 5.51. The highest BCUT2D eigenvalue weighted by Gasteiger charge is 2.28. The molecule has 0 spiro atoms. The lowest BCUT2D eigenvalue weighted by molar-refractivity contribution is -0.384. The number of nitro benzene ring substituents is 1. The predicted molar refractivity (Wildman–Crippen MR) is 67.6 cm³/mol. The maximum atomic E-state index is 12.1. The van der Waals surface area contributed by atoms with Crippen LogP contribution in [-0.2, 0) is 0 Å². The molecule has 7 nitrogen and oxygen atoms in total. The van der Waals surface area contributed by atoms with E-state index in [0.717, 1.165) is 24.4 Å². The summed E-state index contributed by atoms with van der Waals surface area (Å²) in [6.45, 7) is -1.61. The Balaban J connectivity index is 3.05. The van der Waals surface area contributed by atoms with E-state index in [2.05, 4.69) is 10.1 Å². The number of hydrogen-bond acceptors (Lipinski definition) is 6. The fraction of sp³-hybridized carbons (Fsp3) is 0.167. The Kier molecular flexibility index (Phi) is 5.30. The van der Waals surface area contributed by atoms with Crippen LogP contribution in [-0.4, -0.2) is 17.7 Å². The number of anilines is 1. The average molecular weight is 312 g/mol. The van der Waals surface area contributed by atoms with Gasteiger partial charge in [-0.3, -0.25) is 10.1 Å². The number of halogens is 3. The minimum absolute atomic E-state index is 0.00521. The van der Waals surface area contributed by atoms with Gasteiger partial charge in [-0.2, -0.15) is 23.7 Å². The fourth-order valence-corrected chi connectivity index (χ4v) is 1.27. The molecule has 0 aliphatic rings. The average Bonchev–Trinajstić information content (AvgIpc) is 2.45. The smallest absolute Gasteiger partial charge is 0.422 e. The fourth-order valence-electron chi connectivity index (χ4n) is 1.27. The summed E-state index contributed by atoms with van der Waals surface area (Å²) in [7, 11) is 0. The summed E-state index contributed by atoms with van der Waals surface area (Å²) in [6, 6.07) is 6.00. The second-order valence-electron chi connectivity index (χ2n) is 3.80. The maximum Gasteiger partial charge on any atom is 0.422 e. The van der Waals surface area contributed by atoms with E-state index in [-0.39, 0.29) is 17.0 Å². The van der Waals surface area contributed by atoms with Crippen LogP contribution in [0, 0.1) is 32.8 Å². The molecule has 0 bridgehead atoms. The highest BCUT2D eigenvalue weighted by molar-refractivity contribution is 5.58. The third-order valence-corrected chi connectivity index (χ3v) is 2.13. The molecule has 0 atom stereocenters. The summed E-state index contributed by atoms with van der Waals surface area (Å²) < 4.78 is 40.7. The van der Waals surface area contributed by atoms with Crippen molar-refractivity contribution in [2.45, 2.75) is 6.18 Å². The summed E-state index contributed by atoms with van der Waals surface area (Å²) in [4.78, 5) is 9.92. The van der Waals surface area contributed by atoms with Gasteiger partial charge in [0.25, 0.3) is 5.69 Å². The van der Waals surface area contributed by atoms with Crippen molar-refractivity contribution in [3.05, 3.63) is 40.1 Å². The molecule has 1 aromatic carbocycles. The monoisotopic (exact) mass is 312 g/mol. The molecule has 0 aliphatic carbocycles. The minimum Gasteiger partial charge on any atom is -0.484 e. The van der Waals surface area contributed by atoms with E-state index in [9.17, 15) is 23.3 Å². The van der Waals surface area contributed by atoms with Crippen molar-refractivity contribution in [3.8, 4) is 17.9 Å². The standard InChI is InChI=1S/C12H7F3N4O3/c13-12(14,15)7-22-11-2-9(1-10(3-11)19(20)21)18-6-8(4-16)5-17/h1-3,6,18H,7H2. The highest BCUT2D eigenvalue weighted by Crippen LogP contribution is 2.27. The molecule has 0 fully saturated rings. The van der Waals surface area contributed by atoms with Crippen LogP contribution < -0.4 is 10.1 Å². The van der Waals surface area contributed by atoms with Crippen molar-refractivity contribution in [3.63, 3.8) is 0 Å². The third kappa shape index (κ3) is 5.38. The molecule has 114 valence electrons. The van der Waals surface area contributed by atoms with Crippen LogP contribution in [0.1, 0.15) is 0 Å². The molecule has 1 rings (SSSR count). The first-order chi connectivity index (χ1) is 10.2. The van der Waals surface area contributed by atoms with Crippen LogP contribution in [0.2, 0.25) is 0 Å². The summed E-state index contributed by atoms with van der Waals surface area (Å²) in [5, 5.41) is 30.2. The molecule has 22 heavy (non-hydrogen) atoms. The molecule has 0 amide bonds. The van der Waals surface area contributed by atoms with Gasteiger partial charge < -0.3 is 10.1 Å². The Morgan fingerprint density at radius 3 is 2.50 bits per heavy atom. The minimum atomic E-state index is -4.59. The van der Waals surface area contributed by atoms with Gasteiger partial charge in [-0.1, -0.05) is 0 Å². The van der Waals surface area contributed by atoms with Crippen LogP contribution >= 0.6 is 0 Å². The number of nitro groups is 1. The van der Waals surface area contributed by atoms with Crippen LogP contribution in [0.5, 0.6) is 5.75 Å². The van der Waals surface area contributed by atoms with Gasteiger partial charge in [-0.05, 0) is 0 Å². The third-order valence-electron chi connectivity index (χ3n) is 2.13. The van der Waals surface area contributed by atoms with Gasteiger partial charge in [-0.15, -0.1) is 0 Å². The number of nitriles is 2. The van der Waals surface area contributed by atoms with Crippen molar-refractivity contribution < 1.29 is 22.8 Å². The summed E-state index contributed by atoms with van der Waals surface area (Å²) in [5.41, 5.74) is -0.829. The van der Waals surface area contributed by atoms with E-state index in [1.807, 2.05) is 0 Å². The number of allylic oxidation sites excluding steroid dienone is 1. The SMILES string of the molecule is N#CC(C#N)=CNc1cc(OCC(F)(F)F)cc([N+](=O)[O-])c1. The van der Waals surface area contributed by atoms with Crippen molar-refractivity contribution >= 4 is 11.4 Å². The molecule has 0 saturated heterocycles. The lowest BCUT2D eigenvalue weighted by Gasteiger charge is -2.10. The number of hydrogen-bond donors (Lipinski definition) is 1. The van der Waals surface area contributed by atoms with E-state index in [1.54, 1.807) is 12.1 Å². The van der Waals surface area contributed by atoms with Gasteiger partial charge in [0.2, 0.25) is 0 Å². The van der Waals surface area contributed by atoms with Gasteiger partial charge in [0.1, 0.15) is 23.5 Å². The molecule has 0 unspecified atom stereocenters. The molecule has 0 radical (unpaired) electrons. The summed E-state index contributed by atoms with van der Waals surface area (Å²) in [5.74, 6) is -0.377. The number of nitrogens with one attached hydrogen (secondary N) is 1. The molecule has 0 aromatic heterocycles.